The highest BCUT2D eigenvalue weighted by molar-refractivity contribution is 5.07. The molecule has 0 aliphatic carbocycles. The van der Waals surface area contributed by atoms with Crippen molar-refractivity contribution in [2.24, 2.45) is 7.05 Å². The van der Waals surface area contributed by atoms with Gasteiger partial charge >= 0.3 is 0 Å². The smallest absolute Gasteiger partial charge is 0.145 e. The highest BCUT2D eigenvalue weighted by atomic mass is 15.2. The maximum atomic E-state index is 4.45. The molecular weight excluding hydrogens is 250 g/mol. The Morgan fingerprint density at radius 1 is 1.25 bits per heavy atom. The lowest BCUT2D eigenvalue weighted by Crippen LogP contribution is -2.24. The van der Waals surface area contributed by atoms with Gasteiger partial charge < -0.3 is 5.32 Å². The molecule has 2 heterocycles. The van der Waals surface area contributed by atoms with Gasteiger partial charge in [-0.1, -0.05) is 6.92 Å². The summed E-state index contributed by atoms with van der Waals surface area (Å²) in [7, 11) is 1.94. The van der Waals surface area contributed by atoms with Crippen LogP contribution in [0.1, 0.15) is 42.8 Å². The molecule has 2 aromatic rings. The third kappa shape index (κ3) is 4.13. The van der Waals surface area contributed by atoms with Gasteiger partial charge in [0.05, 0.1) is 12.2 Å². The SMILES string of the molecule is CCCNC(CCc1cnn(C)c1)c1ncc(C)cn1. The molecule has 1 unspecified atom stereocenters. The molecule has 0 bridgehead atoms. The fourth-order valence-electron chi connectivity index (χ4n) is 2.14. The first-order valence-electron chi connectivity index (χ1n) is 7.18. The number of hydrogen-bond acceptors (Lipinski definition) is 4. The van der Waals surface area contributed by atoms with Crippen molar-refractivity contribution in [3.63, 3.8) is 0 Å². The Labute approximate surface area is 120 Å². The van der Waals surface area contributed by atoms with Crippen LogP contribution in [0.25, 0.3) is 0 Å². The lowest BCUT2D eigenvalue weighted by atomic mass is 10.1. The quantitative estimate of drug-likeness (QED) is 0.840. The van der Waals surface area contributed by atoms with E-state index in [0.29, 0.717) is 0 Å². The molecule has 0 spiro atoms. The second-order valence-electron chi connectivity index (χ2n) is 5.19. The van der Waals surface area contributed by atoms with Crippen molar-refractivity contribution in [2.45, 2.75) is 39.2 Å². The van der Waals surface area contributed by atoms with Gasteiger partial charge in [0.25, 0.3) is 0 Å². The zero-order valence-electron chi connectivity index (χ0n) is 12.5. The largest absolute Gasteiger partial charge is 0.307 e. The first-order chi connectivity index (χ1) is 9.69. The number of hydrogen-bond donors (Lipinski definition) is 1. The van der Waals surface area contributed by atoms with Crippen LogP contribution >= 0.6 is 0 Å². The van der Waals surface area contributed by atoms with Crippen LogP contribution in [0.3, 0.4) is 0 Å². The molecule has 0 saturated heterocycles. The summed E-state index contributed by atoms with van der Waals surface area (Å²) in [6, 6.07) is 0.204. The van der Waals surface area contributed by atoms with Crippen molar-refractivity contribution in [3.05, 3.63) is 41.7 Å². The van der Waals surface area contributed by atoms with Crippen molar-refractivity contribution in [1.82, 2.24) is 25.1 Å². The lowest BCUT2D eigenvalue weighted by molar-refractivity contribution is 0.476. The highest BCUT2D eigenvalue weighted by Crippen LogP contribution is 2.15. The summed E-state index contributed by atoms with van der Waals surface area (Å²) < 4.78 is 1.84. The zero-order chi connectivity index (χ0) is 14.4. The molecule has 2 rings (SSSR count). The van der Waals surface area contributed by atoms with Crippen LogP contribution in [-0.4, -0.2) is 26.3 Å². The van der Waals surface area contributed by atoms with Gasteiger partial charge in [0.15, 0.2) is 0 Å². The third-order valence-corrected chi connectivity index (χ3v) is 3.23. The van der Waals surface area contributed by atoms with Crippen molar-refractivity contribution in [1.29, 1.82) is 0 Å². The van der Waals surface area contributed by atoms with Crippen LogP contribution in [0.15, 0.2) is 24.8 Å². The van der Waals surface area contributed by atoms with E-state index in [1.54, 1.807) is 0 Å². The van der Waals surface area contributed by atoms with E-state index >= 15 is 0 Å². The number of rotatable bonds is 7. The first kappa shape index (κ1) is 14.7. The predicted octanol–water partition coefficient (Wildman–Crippen LogP) is 2.19. The van der Waals surface area contributed by atoms with E-state index in [1.807, 2.05) is 37.2 Å². The van der Waals surface area contributed by atoms with Gasteiger partial charge in [0, 0.05) is 25.6 Å². The van der Waals surface area contributed by atoms with Gasteiger partial charge in [-0.25, -0.2) is 9.97 Å². The number of aromatic nitrogens is 4. The maximum Gasteiger partial charge on any atom is 0.145 e. The lowest BCUT2D eigenvalue weighted by Gasteiger charge is -2.16. The average Bonchev–Trinajstić information content (AvgIpc) is 2.86. The molecule has 0 aromatic carbocycles. The van der Waals surface area contributed by atoms with Crippen LogP contribution in [0.4, 0.5) is 0 Å². The van der Waals surface area contributed by atoms with Gasteiger partial charge in [0.1, 0.15) is 5.82 Å². The summed E-state index contributed by atoms with van der Waals surface area (Å²) in [6.45, 7) is 5.16. The van der Waals surface area contributed by atoms with E-state index in [1.165, 1.54) is 5.56 Å². The van der Waals surface area contributed by atoms with Gasteiger partial charge in [-0.2, -0.15) is 5.10 Å². The fourth-order valence-corrected chi connectivity index (χ4v) is 2.14. The second-order valence-corrected chi connectivity index (χ2v) is 5.19. The zero-order valence-corrected chi connectivity index (χ0v) is 12.5. The summed E-state index contributed by atoms with van der Waals surface area (Å²) in [5.41, 5.74) is 2.35. The molecule has 0 amide bonds. The van der Waals surface area contributed by atoms with Crippen LogP contribution in [0, 0.1) is 6.92 Å². The predicted molar refractivity (Wildman–Crippen MR) is 79.3 cm³/mol. The minimum absolute atomic E-state index is 0.204. The molecular formula is C15H23N5. The Hall–Kier alpha value is -1.75. The molecule has 0 aliphatic heterocycles. The van der Waals surface area contributed by atoms with Gasteiger partial charge in [-0.15, -0.1) is 0 Å². The van der Waals surface area contributed by atoms with Crippen molar-refractivity contribution in [3.8, 4) is 0 Å². The minimum atomic E-state index is 0.204. The summed E-state index contributed by atoms with van der Waals surface area (Å²) >= 11 is 0. The highest BCUT2D eigenvalue weighted by Gasteiger charge is 2.14. The molecule has 20 heavy (non-hydrogen) atoms. The number of nitrogens with one attached hydrogen (secondary N) is 1. The van der Waals surface area contributed by atoms with Crippen LogP contribution in [0.5, 0.6) is 0 Å². The van der Waals surface area contributed by atoms with Gasteiger partial charge in [-0.05, 0) is 43.9 Å². The molecule has 2 aromatic heterocycles. The Morgan fingerprint density at radius 3 is 2.60 bits per heavy atom. The van der Waals surface area contributed by atoms with Gasteiger partial charge in [0.2, 0.25) is 0 Å². The van der Waals surface area contributed by atoms with Crippen LogP contribution < -0.4 is 5.32 Å². The van der Waals surface area contributed by atoms with Gasteiger partial charge in [-0.3, -0.25) is 4.68 Å². The van der Waals surface area contributed by atoms with E-state index in [0.717, 1.165) is 37.2 Å². The Balaban J connectivity index is 2.01. The van der Waals surface area contributed by atoms with E-state index in [-0.39, 0.29) is 6.04 Å². The fraction of sp³-hybridized carbons (Fsp3) is 0.533. The van der Waals surface area contributed by atoms with E-state index in [2.05, 4.69) is 33.5 Å². The first-order valence-corrected chi connectivity index (χ1v) is 7.18. The molecule has 1 atom stereocenters. The Kier molecular flexibility index (Phi) is 5.24. The normalized spacial score (nSPS) is 12.6. The minimum Gasteiger partial charge on any atom is -0.307 e. The molecule has 0 saturated carbocycles. The second kappa shape index (κ2) is 7.14. The maximum absolute atomic E-state index is 4.45. The average molecular weight is 273 g/mol. The molecule has 0 fully saturated rings. The molecule has 1 N–H and O–H groups in total. The molecule has 0 aliphatic rings. The summed E-state index contributed by atoms with van der Waals surface area (Å²) in [5.74, 6) is 0.882. The Morgan fingerprint density at radius 2 is 2.00 bits per heavy atom. The van der Waals surface area contributed by atoms with Crippen molar-refractivity contribution >= 4 is 0 Å². The standard InChI is InChI=1S/C15H23N5/c1-4-7-16-14(15-17-8-12(2)9-18-15)6-5-13-10-19-20(3)11-13/h8-11,14,16H,4-7H2,1-3H3. The van der Waals surface area contributed by atoms with Crippen LogP contribution in [-0.2, 0) is 13.5 Å². The van der Waals surface area contributed by atoms with Crippen LogP contribution in [0.2, 0.25) is 0 Å². The van der Waals surface area contributed by atoms with E-state index < -0.39 is 0 Å². The summed E-state index contributed by atoms with van der Waals surface area (Å²) in [6.07, 6.45) is 10.8. The third-order valence-electron chi connectivity index (χ3n) is 3.23. The summed E-state index contributed by atoms with van der Waals surface area (Å²) in [4.78, 5) is 8.91. The molecule has 5 nitrogen and oxygen atoms in total. The van der Waals surface area contributed by atoms with Crippen molar-refractivity contribution < 1.29 is 0 Å². The number of aryl methyl sites for hydroxylation is 3. The Bertz CT molecular complexity index is 517. The topological polar surface area (TPSA) is 55.6 Å². The summed E-state index contributed by atoms with van der Waals surface area (Å²) in [5, 5.41) is 7.74. The number of nitrogens with zero attached hydrogens (tertiary/aromatic N) is 4. The van der Waals surface area contributed by atoms with E-state index in [9.17, 15) is 0 Å². The monoisotopic (exact) mass is 273 g/mol. The molecule has 5 heteroatoms. The molecule has 108 valence electrons. The molecule has 0 radical (unpaired) electrons. The van der Waals surface area contributed by atoms with E-state index in [4.69, 9.17) is 0 Å². The van der Waals surface area contributed by atoms with Crippen molar-refractivity contribution in [2.75, 3.05) is 6.54 Å².